The van der Waals surface area contributed by atoms with Crippen LogP contribution in [-0.2, 0) is 14.8 Å². The van der Waals surface area contributed by atoms with Gasteiger partial charge in [-0.25, -0.2) is 17.2 Å². The lowest BCUT2D eigenvalue weighted by Crippen LogP contribution is -2.37. The molecule has 0 spiro atoms. The molecule has 0 aromatic heterocycles. The summed E-state index contributed by atoms with van der Waals surface area (Å²) in [4.78, 5) is 11.8. The van der Waals surface area contributed by atoms with Gasteiger partial charge in [0.05, 0.1) is 10.8 Å². The molecule has 0 saturated carbocycles. The molecular weight excluding hydrogens is 376 g/mol. The number of nitrogens with one attached hydrogen (secondary N) is 3. The Labute approximate surface area is 156 Å². The minimum atomic E-state index is -4.06. The fourth-order valence-corrected chi connectivity index (χ4v) is 3.87. The monoisotopic (exact) mass is 395 g/mol. The van der Waals surface area contributed by atoms with Gasteiger partial charge in [0.15, 0.2) is 11.6 Å². The number of hydrogen-bond acceptors (Lipinski definition) is 4. The zero-order chi connectivity index (χ0) is 19.4. The molecule has 2 aromatic carbocycles. The first-order valence-electron chi connectivity index (χ1n) is 8.45. The van der Waals surface area contributed by atoms with E-state index in [1.807, 2.05) is 0 Å². The first-order valence-corrected chi connectivity index (χ1v) is 9.93. The van der Waals surface area contributed by atoms with Gasteiger partial charge < -0.3 is 10.6 Å². The lowest BCUT2D eigenvalue weighted by molar-refractivity contribution is -0.120. The number of piperidine rings is 1. The summed E-state index contributed by atoms with van der Waals surface area (Å²) in [6, 6.07) is 8.44. The van der Waals surface area contributed by atoms with Crippen LogP contribution in [0.15, 0.2) is 47.4 Å². The van der Waals surface area contributed by atoms with Crippen LogP contribution in [-0.4, -0.2) is 27.4 Å². The van der Waals surface area contributed by atoms with Gasteiger partial charge in [0.25, 0.3) is 10.0 Å². The van der Waals surface area contributed by atoms with Gasteiger partial charge in [0.2, 0.25) is 5.91 Å². The van der Waals surface area contributed by atoms with Gasteiger partial charge in [-0.1, -0.05) is 0 Å². The number of rotatable bonds is 5. The topological polar surface area (TPSA) is 87.3 Å². The zero-order valence-electron chi connectivity index (χ0n) is 14.3. The number of carbonyl (C=O) groups is 1. The second-order valence-electron chi connectivity index (χ2n) is 6.29. The summed E-state index contributed by atoms with van der Waals surface area (Å²) >= 11 is 0. The van der Waals surface area contributed by atoms with Gasteiger partial charge in [-0.3, -0.25) is 9.52 Å². The number of hydrogen-bond donors (Lipinski definition) is 3. The number of anilines is 2. The fourth-order valence-electron chi connectivity index (χ4n) is 2.80. The molecular formula is C18H19F2N3O3S. The van der Waals surface area contributed by atoms with E-state index in [9.17, 15) is 22.0 Å². The Hall–Kier alpha value is -2.52. The molecule has 1 saturated heterocycles. The third kappa shape index (κ3) is 4.81. The maximum Gasteiger partial charge on any atom is 0.261 e. The number of amides is 1. The number of carbonyl (C=O) groups excluding carboxylic acids is 1. The predicted octanol–water partition coefficient (Wildman–Crippen LogP) is 2.70. The van der Waals surface area contributed by atoms with Crippen LogP contribution < -0.4 is 15.4 Å². The second-order valence-corrected chi connectivity index (χ2v) is 7.97. The summed E-state index contributed by atoms with van der Waals surface area (Å²) in [5, 5.41) is 5.97. The summed E-state index contributed by atoms with van der Waals surface area (Å²) in [5.74, 6) is -2.54. The van der Waals surface area contributed by atoms with Crippen LogP contribution in [0.1, 0.15) is 12.8 Å². The molecule has 1 atom stereocenters. The summed E-state index contributed by atoms with van der Waals surface area (Å²) in [6.07, 6.45) is 1.77. The van der Waals surface area contributed by atoms with E-state index >= 15 is 0 Å². The molecule has 1 aliphatic heterocycles. The van der Waals surface area contributed by atoms with Crippen LogP contribution in [0.3, 0.4) is 0 Å². The van der Waals surface area contributed by atoms with Crippen molar-refractivity contribution in [1.82, 2.24) is 5.32 Å². The van der Waals surface area contributed by atoms with Crippen LogP contribution in [0.25, 0.3) is 0 Å². The number of halogens is 2. The molecule has 3 rings (SSSR count). The van der Waals surface area contributed by atoms with Gasteiger partial charge in [-0.15, -0.1) is 0 Å². The normalized spacial score (nSPS) is 17.3. The van der Waals surface area contributed by atoms with Gasteiger partial charge in [0.1, 0.15) is 0 Å². The van der Waals surface area contributed by atoms with Crippen molar-refractivity contribution in [1.29, 1.82) is 0 Å². The first kappa shape index (κ1) is 19.2. The molecule has 1 amide bonds. The van der Waals surface area contributed by atoms with E-state index in [1.165, 1.54) is 12.1 Å². The lowest BCUT2D eigenvalue weighted by atomic mass is 9.99. The maximum atomic E-state index is 13.3. The van der Waals surface area contributed by atoms with E-state index in [1.54, 1.807) is 12.1 Å². The van der Waals surface area contributed by atoms with Crippen molar-refractivity contribution in [2.75, 3.05) is 23.1 Å². The molecule has 2 aromatic rings. The van der Waals surface area contributed by atoms with Crippen LogP contribution in [0.4, 0.5) is 20.2 Å². The Morgan fingerprint density at radius 2 is 1.74 bits per heavy atom. The van der Waals surface area contributed by atoms with E-state index in [0.717, 1.165) is 31.5 Å². The van der Waals surface area contributed by atoms with Crippen molar-refractivity contribution in [3.63, 3.8) is 0 Å². The quantitative estimate of drug-likeness (QED) is 0.727. The van der Waals surface area contributed by atoms with Crippen molar-refractivity contribution in [3.05, 3.63) is 54.1 Å². The van der Waals surface area contributed by atoms with Gasteiger partial charge in [-0.05, 0) is 61.9 Å². The van der Waals surface area contributed by atoms with Crippen molar-refractivity contribution in [2.24, 2.45) is 5.92 Å². The Morgan fingerprint density at radius 3 is 2.37 bits per heavy atom. The molecule has 27 heavy (non-hydrogen) atoms. The predicted molar refractivity (Wildman–Crippen MR) is 97.8 cm³/mol. The Balaban J connectivity index is 1.66. The molecule has 9 heteroatoms. The summed E-state index contributed by atoms with van der Waals surface area (Å²) in [7, 11) is -4.06. The van der Waals surface area contributed by atoms with Gasteiger partial charge >= 0.3 is 0 Å². The molecule has 6 nitrogen and oxygen atoms in total. The van der Waals surface area contributed by atoms with E-state index in [2.05, 4.69) is 15.4 Å². The van der Waals surface area contributed by atoms with Crippen LogP contribution >= 0.6 is 0 Å². The minimum Gasteiger partial charge on any atom is -0.326 e. The van der Waals surface area contributed by atoms with E-state index < -0.39 is 21.7 Å². The van der Waals surface area contributed by atoms with E-state index in [-0.39, 0.29) is 22.4 Å². The molecule has 1 heterocycles. The molecule has 144 valence electrons. The third-order valence-electron chi connectivity index (χ3n) is 4.27. The van der Waals surface area contributed by atoms with Crippen molar-refractivity contribution in [3.8, 4) is 0 Å². The maximum absolute atomic E-state index is 13.3. The zero-order valence-corrected chi connectivity index (χ0v) is 15.2. The summed E-state index contributed by atoms with van der Waals surface area (Å²) in [5.41, 5.74) is 0.776. The van der Waals surface area contributed by atoms with Crippen molar-refractivity contribution >= 4 is 27.3 Å². The fraction of sp³-hybridized carbons (Fsp3) is 0.278. The standard InChI is InChI=1S/C18H19F2N3O3S/c19-16-8-7-15(10-17(16)20)27(25,26)23-14-5-3-13(4-6-14)22-18(24)12-2-1-9-21-11-12/h3-8,10,12,21,23H,1-2,9,11H2,(H,22,24). The van der Waals surface area contributed by atoms with Crippen molar-refractivity contribution < 1.29 is 22.0 Å². The third-order valence-corrected chi connectivity index (χ3v) is 5.65. The minimum absolute atomic E-state index is 0.0858. The average Bonchev–Trinajstić information content (AvgIpc) is 2.66. The molecule has 1 aliphatic rings. The number of benzene rings is 2. The Morgan fingerprint density at radius 1 is 1.04 bits per heavy atom. The average molecular weight is 395 g/mol. The van der Waals surface area contributed by atoms with Gasteiger partial charge in [0, 0.05) is 17.9 Å². The van der Waals surface area contributed by atoms with E-state index in [0.29, 0.717) is 18.3 Å². The molecule has 3 N–H and O–H groups in total. The highest BCUT2D eigenvalue weighted by Gasteiger charge is 2.21. The Kier molecular flexibility index (Phi) is 5.71. The number of sulfonamides is 1. The van der Waals surface area contributed by atoms with Gasteiger partial charge in [-0.2, -0.15) is 0 Å². The highest BCUT2D eigenvalue weighted by Crippen LogP contribution is 2.21. The Bertz CT molecular complexity index is 927. The van der Waals surface area contributed by atoms with E-state index in [4.69, 9.17) is 0 Å². The van der Waals surface area contributed by atoms with Crippen LogP contribution in [0, 0.1) is 17.6 Å². The smallest absolute Gasteiger partial charge is 0.261 e. The second kappa shape index (κ2) is 8.01. The molecule has 0 radical (unpaired) electrons. The SMILES string of the molecule is O=C(Nc1ccc(NS(=O)(=O)c2ccc(F)c(F)c2)cc1)C1CCCNC1. The lowest BCUT2D eigenvalue weighted by Gasteiger charge is -2.21. The highest BCUT2D eigenvalue weighted by atomic mass is 32.2. The molecule has 1 unspecified atom stereocenters. The molecule has 1 fully saturated rings. The van der Waals surface area contributed by atoms with Crippen LogP contribution in [0.5, 0.6) is 0 Å². The largest absolute Gasteiger partial charge is 0.326 e. The first-order chi connectivity index (χ1) is 12.8. The highest BCUT2D eigenvalue weighted by molar-refractivity contribution is 7.92. The van der Waals surface area contributed by atoms with Crippen molar-refractivity contribution in [2.45, 2.75) is 17.7 Å². The molecule has 0 bridgehead atoms. The van der Waals surface area contributed by atoms with Crippen LogP contribution in [0.2, 0.25) is 0 Å². The summed E-state index contributed by atoms with van der Waals surface area (Å²) < 4.78 is 53.0. The summed E-state index contributed by atoms with van der Waals surface area (Å²) in [6.45, 7) is 1.55. The molecule has 0 aliphatic carbocycles.